The molecule has 0 radical (unpaired) electrons. The van der Waals surface area contributed by atoms with E-state index < -0.39 is 0 Å². The number of hydrogen-bond donors (Lipinski definition) is 1. The first-order valence-corrected chi connectivity index (χ1v) is 7.65. The number of hydrogen-bond acceptors (Lipinski definition) is 4. The number of nitrogens with zero attached hydrogens (tertiary/aromatic N) is 1. The molecular formula is C15H28N2O3. The highest BCUT2D eigenvalue weighted by Gasteiger charge is 2.51. The summed E-state index contributed by atoms with van der Waals surface area (Å²) in [6, 6.07) is 0.431. The molecular weight excluding hydrogens is 256 g/mol. The second-order valence-electron chi connectivity index (χ2n) is 6.45. The molecule has 0 aromatic rings. The van der Waals surface area contributed by atoms with E-state index >= 15 is 0 Å². The Bertz CT molecular complexity index is 340. The average molecular weight is 284 g/mol. The quantitative estimate of drug-likeness (QED) is 0.819. The van der Waals surface area contributed by atoms with E-state index in [2.05, 4.69) is 19.2 Å². The third kappa shape index (κ3) is 3.15. The molecule has 0 bridgehead atoms. The number of carbonyl (C=O) groups excluding carboxylic acids is 1. The van der Waals surface area contributed by atoms with Crippen molar-refractivity contribution in [2.45, 2.75) is 51.8 Å². The van der Waals surface area contributed by atoms with Gasteiger partial charge >= 0.3 is 0 Å². The van der Waals surface area contributed by atoms with Gasteiger partial charge in [0.25, 0.3) is 0 Å². The van der Waals surface area contributed by atoms with Crippen molar-refractivity contribution < 1.29 is 14.3 Å². The SMILES string of the molecule is CCOC1CC(N(C)C(=O)CC2COCCN2)C1(C)C. The highest BCUT2D eigenvalue weighted by molar-refractivity contribution is 5.77. The van der Waals surface area contributed by atoms with E-state index in [1.54, 1.807) is 0 Å². The maximum atomic E-state index is 12.4. The van der Waals surface area contributed by atoms with Crippen LogP contribution >= 0.6 is 0 Å². The fourth-order valence-corrected chi connectivity index (χ4v) is 3.28. The molecule has 20 heavy (non-hydrogen) atoms. The lowest BCUT2D eigenvalue weighted by Crippen LogP contribution is -2.62. The fourth-order valence-electron chi connectivity index (χ4n) is 3.28. The lowest BCUT2D eigenvalue weighted by Gasteiger charge is -2.55. The summed E-state index contributed by atoms with van der Waals surface area (Å²) in [5.74, 6) is 0.195. The smallest absolute Gasteiger partial charge is 0.224 e. The first kappa shape index (κ1) is 15.7. The van der Waals surface area contributed by atoms with E-state index in [0.29, 0.717) is 13.0 Å². The Morgan fingerprint density at radius 2 is 2.25 bits per heavy atom. The maximum absolute atomic E-state index is 12.4. The molecule has 1 aliphatic heterocycles. The van der Waals surface area contributed by atoms with Crippen molar-refractivity contribution >= 4 is 5.91 Å². The predicted octanol–water partition coefficient (Wildman–Crippen LogP) is 1.03. The summed E-state index contributed by atoms with van der Waals surface area (Å²) in [7, 11) is 1.92. The molecule has 1 saturated heterocycles. The molecule has 5 nitrogen and oxygen atoms in total. The highest BCUT2D eigenvalue weighted by Crippen LogP contribution is 2.45. The zero-order chi connectivity index (χ0) is 14.8. The molecule has 2 fully saturated rings. The topological polar surface area (TPSA) is 50.8 Å². The maximum Gasteiger partial charge on any atom is 0.224 e. The average Bonchev–Trinajstić information content (AvgIpc) is 2.43. The third-order valence-electron chi connectivity index (χ3n) is 4.77. The van der Waals surface area contributed by atoms with Gasteiger partial charge in [-0.05, 0) is 13.3 Å². The Kier molecular flexibility index (Phi) is 5.04. The summed E-state index contributed by atoms with van der Waals surface area (Å²) in [4.78, 5) is 14.3. The van der Waals surface area contributed by atoms with Gasteiger partial charge in [-0.25, -0.2) is 0 Å². The van der Waals surface area contributed by atoms with Crippen LogP contribution in [0.5, 0.6) is 0 Å². The standard InChI is InChI=1S/C15H28N2O3/c1-5-20-13-9-12(15(13,2)3)17(4)14(18)8-11-10-19-7-6-16-11/h11-13,16H,5-10H2,1-4H3. The number of carbonyl (C=O) groups is 1. The Balaban J connectivity index is 1.84. The van der Waals surface area contributed by atoms with E-state index in [9.17, 15) is 4.79 Å². The van der Waals surface area contributed by atoms with Crippen LogP contribution < -0.4 is 5.32 Å². The molecule has 1 N–H and O–H groups in total. The Hall–Kier alpha value is -0.650. The van der Waals surface area contributed by atoms with Crippen molar-refractivity contribution in [3.05, 3.63) is 0 Å². The van der Waals surface area contributed by atoms with Crippen molar-refractivity contribution in [2.75, 3.05) is 33.4 Å². The molecule has 1 aliphatic carbocycles. The monoisotopic (exact) mass is 284 g/mol. The summed E-state index contributed by atoms with van der Waals surface area (Å²) in [5.41, 5.74) is 0.0386. The van der Waals surface area contributed by atoms with Crippen LogP contribution in [0, 0.1) is 5.41 Å². The lowest BCUT2D eigenvalue weighted by molar-refractivity contribution is -0.164. The summed E-state index contributed by atoms with van der Waals surface area (Å²) >= 11 is 0. The number of morpholine rings is 1. The Morgan fingerprint density at radius 1 is 1.50 bits per heavy atom. The van der Waals surface area contributed by atoms with Gasteiger partial charge < -0.3 is 19.7 Å². The highest BCUT2D eigenvalue weighted by atomic mass is 16.5. The Labute approximate surface area is 122 Å². The van der Waals surface area contributed by atoms with Gasteiger partial charge in [-0.2, -0.15) is 0 Å². The van der Waals surface area contributed by atoms with Crippen molar-refractivity contribution in [1.82, 2.24) is 10.2 Å². The lowest BCUT2D eigenvalue weighted by atomic mass is 9.63. The largest absolute Gasteiger partial charge is 0.378 e. The van der Waals surface area contributed by atoms with Gasteiger partial charge in [0.1, 0.15) is 0 Å². The normalized spacial score (nSPS) is 32.5. The molecule has 0 spiro atoms. The van der Waals surface area contributed by atoms with E-state index in [1.807, 2.05) is 18.9 Å². The zero-order valence-corrected chi connectivity index (χ0v) is 13.1. The molecule has 1 heterocycles. The van der Waals surface area contributed by atoms with Gasteiger partial charge in [0.2, 0.25) is 5.91 Å². The molecule has 5 heteroatoms. The van der Waals surface area contributed by atoms with E-state index in [0.717, 1.165) is 26.2 Å². The van der Waals surface area contributed by atoms with Gasteiger partial charge in [-0.1, -0.05) is 13.8 Å². The van der Waals surface area contributed by atoms with Crippen molar-refractivity contribution in [2.24, 2.45) is 5.41 Å². The van der Waals surface area contributed by atoms with Crippen LogP contribution in [0.25, 0.3) is 0 Å². The summed E-state index contributed by atoms with van der Waals surface area (Å²) in [6.45, 7) is 9.35. The summed E-state index contributed by atoms with van der Waals surface area (Å²) in [6.07, 6.45) is 1.73. The third-order valence-corrected chi connectivity index (χ3v) is 4.77. The van der Waals surface area contributed by atoms with Gasteiger partial charge in [-0.15, -0.1) is 0 Å². The van der Waals surface area contributed by atoms with Gasteiger partial charge in [0.05, 0.1) is 19.3 Å². The minimum Gasteiger partial charge on any atom is -0.378 e. The second kappa shape index (κ2) is 6.41. The fraction of sp³-hybridized carbons (Fsp3) is 0.933. The number of ether oxygens (including phenoxy) is 2. The van der Waals surface area contributed by atoms with Gasteiger partial charge in [0, 0.05) is 44.1 Å². The van der Waals surface area contributed by atoms with E-state index in [4.69, 9.17) is 9.47 Å². The molecule has 0 aromatic carbocycles. The zero-order valence-electron chi connectivity index (χ0n) is 13.1. The number of nitrogens with one attached hydrogen (secondary N) is 1. The van der Waals surface area contributed by atoms with E-state index in [1.165, 1.54) is 0 Å². The van der Waals surface area contributed by atoms with Crippen LogP contribution in [0.2, 0.25) is 0 Å². The van der Waals surface area contributed by atoms with Gasteiger partial charge in [0.15, 0.2) is 0 Å². The molecule has 3 atom stereocenters. The minimum absolute atomic E-state index is 0.0386. The summed E-state index contributed by atoms with van der Waals surface area (Å²) < 4.78 is 11.1. The van der Waals surface area contributed by atoms with Gasteiger partial charge in [-0.3, -0.25) is 4.79 Å². The van der Waals surface area contributed by atoms with Crippen LogP contribution in [0.4, 0.5) is 0 Å². The first-order valence-electron chi connectivity index (χ1n) is 7.65. The molecule has 116 valence electrons. The number of rotatable bonds is 5. The predicted molar refractivity (Wildman–Crippen MR) is 77.6 cm³/mol. The van der Waals surface area contributed by atoms with Crippen LogP contribution in [-0.4, -0.2) is 62.4 Å². The molecule has 0 aromatic heterocycles. The van der Waals surface area contributed by atoms with Crippen LogP contribution in [0.1, 0.15) is 33.6 Å². The molecule has 3 unspecified atom stereocenters. The number of amides is 1. The first-order chi connectivity index (χ1) is 9.46. The second-order valence-corrected chi connectivity index (χ2v) is 6.45. The van der Waals surface area contributed by atoms with Crippen LogP contribution in [0.15, 0.2) is 0 Å². The minimum atomic E-state index is 0.0386. The van der Waals surface area contributed by atoms with E-state index in [-0.39, 0.29) is 29.5 Å². The van der Waals surface area contributed by atoms with Crippen LogP contribution in [0.3, 0.4) is 0 Å². The molecule has 1 saturated carbocycles. The molecule has 1 amide bonds. The van der Waals surface area contributed by atoms with Crippen molar-refractivity contribution in [3.63, 3.8) is 0 Å². The summed E-state index contributed by atoms with van der Waals surface area (Å²) in [5, 5.41) is 3.33. The van der Waals surface area contributed by atoms with Crippen molar-refractivity contribution in [3.8, 4) is 0 Å². The van der Waals surface area contributed by atoms with Crippen LogP contribution in [-0.2, 0) is 14.3 Å². The molecule has 2 aliphatic rings. The molecule has 2 rings (SSSR count). The van der Waals surface area contributed by atoms with Crippen molar-refractivity contribution in [1.29, 1.82) is 0 Å². The Morgan fingerprint density at radius 3 is 2.80 bits per heavy atom.